The average molecular weight is 473 g/mol. The van der Waals surface area contributed by atoms with E-state index in [9.17, 15) is 9.18 Å². The molecule has 2 atom stereocenters. The third-order valence-electron chi connectivity index (χ3n) is 7.53. The fourth-order valence-electron chi connectivity index (χ4n) is 4.06. The number of rotatable bonds is 8. The number of primary amides is 1. The van der Waals surface area contributed by atoms with Gasteiger partial charge in [-0.2, -0.15) is 0 Å². The van der Waals surface area contributed by atoms with Gasteiger partial charge in [0.25, 0.3) is 0 Å². The number of hydrogen-bond donors (Lipinski definition) is 1. The predicted octanol–water partition coefficient (Wildman–Crippen LogP) is 5.42. The van der Waals surface area contributed by atoms with Crippen molar-refractivity contribution in [1.82, 2.24) is 4.90 Å². The van der Waals surface area contributed by atoms with Crippen LogP contribution < -0.4 is 10.5 Å². The van der Waals surface area contributed by atoms with Crippen LogP contribution in [0.4, 0.5) is 4.39 Å². The minimum atomic E-state index is -2.02. The van der Waals surface area contributed by atoms with Crippen molar-refractivity contribution in [1.29, 1.82) is 0 Å². The van der Waals surface area contributed by atoms with Crippen LogP contribution in [0.25, 0.3) is 0 Å². The number of amides is 1. The lowest BCUT2D eigenvalue weighted by molar-refractivity contribution is -0.130. The number of halogens is 1. The van der Waals surface area contributed by atoms with Crippen molar-refractivity contribution in [2.45, 2.75) is 69.9 Å². The number of carbonyl (C=O) groups excluding carboxylic acids is 1. The summed E-state index contributed by atoms with van der Waals surface area (Å²) in [6.45, 7) is 11.4. The van der Waals surface area contributed by atoms with Gasteiger partial charge in [0, 0.05) is 11.6 Å². The molecule has 2 N–H and O–H groups in total. The molecule has 180 valence electrons. The monoisotopic (exact) mass is 472 g/mol. The van der Waals surface area contributed by atoms with Crippen molar-refractivity contribution >= 4 is 14.2 Å². The van der Waals surface area contributed by atoms with E-state index in [-0.39, 0.29) is 29.4 Å². The summed E-state index contributed by atoms with van der Waals surface area (Å²) in [5.41, 5.74) is 6.73. The van der Waals surface area contributed by atoms with Gasteiger partial charge in [-0.25, -0.2) is 4.39 Å². The highest BCUT2D eigenvalue weighted by molar-refractivity contribution is 6.74. The molecule has 1 aliphatic heterocycles. The molecule has 0 unspecified atom stereocenters. The summed E-state index contributed by atoms with van der Waals surface area (Å²) in [5, 5.41) is 0.0565. The molecule has 0 aromatic heterocycles. The Balaban J connectivity index is 1.70. The van der Waals surface area contributed by atoms with Gasteiger partial charge in [-0.15, -0.1) is 0 Å². The van der Waals surface area contributed by atoms with Crippen molar-refractivity contribution in [3.8, 4) is 5.75 Å². The Morgan fingerprint density at radius 1 is 1.18 bits per heavy atom. The molecule has 0 bridgehead atoms. The van der Waals surface area contributed by atoms with E-state index < -0.39 is 13.9 Å². The van der Waals surface area contributed by atoms with Crippen molar-refractivity contribution in [2.75, 3.05) is 13.7 Å². The zero-order valence-electron chi connectivity index (χ0n) is 20.7. The molecule has 0 radical (unpaired) electrons. The molecule has 0 aliphatic carbocycles. The van der Waals surface area contributed by atoms with Crippen LogP contribution in [0.2, 0.25) is 18.1 Å². The number of hydrogen-bond acceptors (Lipinski definition) is 4. The molecular formula is C26H37FN2O3Si. The van der Waals surface area contributed by atoms with E-state index in [1.807, 2.05) is 31.3 Å². The van der Waals surface area contributed by atoms with Gasteiger partial charge in [-0.1, -0.05) is 51.1 Å². The zero-order chi connectivity index (χ0) is 24.4. The maximum atomic E-state index is 13.8. The van der Waals surface area contributed by atoms with Crippen molar-refractivity contribution in [3.05, 3.63) is 65.5 Å². The molecule has 7 heteroatoms. The van der Waals surface area contributed by atoms with E-state index in [2.05, 4.69) is 38.8 Å². The van der Waals surface area contributed by atoms with Crippen LogP contribution >= 0.6 is 0 Å². The lowest BCUT2D eigenvalue weighted by Gasteiger charge is -2.42. The van der Waals surface area contributed by atoms with Crippen LogP contribution in [0.15, 0.2) is 48.5 Å². The topological polar surface area (TPSA) is 64.8 Å². The number of ether oxygens (including phenoxy) is 1. The first-order chi connectivity index (χ1) is 15.4. The third-order valence-corrected chi connectivity index (χ3v) is 12.0. The summed E-state index contributed by atoms with van der Waals surface area (Å²) in [4.78, 5) is 14.7. The fraction of sp³-hybridized carbons (Fsp3) is 0.500. The minimum Gasteiger partial charge on any atom is -0.489 e. The molecule has 1 heterocycles. The second-order valence-corrected chi connectivity index (χ2v) is 15.4. The second kappa shape index (κ2) is 9.56. The Kier molecular flexibility index (Phi) is 7.36. The molecule has 1 fully saturated rings. The lowest BCUT2D eigenvalue weighted by atomic mass is 9.97. The van der Waals surface area contributed by atoms with E-state index in [0.717, 1.165) is 12.0 Å². The van der Waals surface area contributed by atoms with Crippen LogP contribution in [0.1, 0.15) is 50.8 Å². The number of carbonyl (C=O) groups is 1. The van der Waals surface area contributed by atoms with Gasteiger partial charge in [0.1, 0.15) is 23.7 Å². The summed E-state index contributed by atoms with van der Waals surface area (Å²) in [7, 11) is -0.0643. The number of benzene rings is 2. The summed E-state index contributed by atoms with van der Waals surface area (Å²) >= 11 is 0. The van der Waals surface area contributed by atoms with E-state index in [1.54, 1.807) is 18.2 Å². The third kappa shape index (κ3) is 5.31. The van der Waals surface area contributed by atoms with Crippen LogP contribution in [-0.4, -0.2) is 38.3 Å². The fourth-order valence-corrected chi connectivity index (χ4v) is 5.09. The maximum Gasteiger partial charge on any atom is 0.240 e. The second-order valence-electron chi connectivity index (χ2n) is 10.6. The Labute approximate surface area is 198 Å². The normalized spacial score (nSPS) is 21.8. The number of likely N-dealkylation sites (tertiary alicyclic amines) is 1. The van der Waals surface area contributed by atoms with Crippen LogP contribution in [0.5, 0.6) is 5.75 Å². The zero-order valence-corrected chi connectivity index (χ0v) is 21.7. The Hall–Kier alpha value is -2.22. The molecule has 2 aromatic carbocycles. The molecule has 1 saturated heterocycles. The highest BCUT2D eigenvalue weighted by atomic mass is 28.4. The van der Waals surface area contributed by atoms with Gasteiger partial charge >= 0.3 is 0 Å². The van der Waals surface area contributed by atoms with Gasteiger partial charge in [0.2, 0.25) is 5.91 Å². The first-order valence-electron chi connectivity index (χ1n) is 11.5. The quantitative estimate of drug-likeness (QED) is 0.521. The summed E-state index contributed by atoms with van der Waals surface area (Å²) in [6, 6.07) is 14.4. The van der Waals surface area contributed by atoms with Gasteiger partial charge in [0.15, 0.2) is 8.32 Å². The highest BCUT2D eigenvalue weighted by Gasteiger charge is 2.51. The molecular weight excluding hydrogens is 435 g/mol. The standard InChI is InChI=1S/C26H37FN2O3Si/c1-25(2,3)33(5,6)32-18-26(24(28)30)16-15-23(29(26)4)19-11-13-21(14-12-19)31-17-20-9-7-8-10-22(20)27/h7-14,23H,15-18H2,1-6H3,(H2,28,30)/t23-,26-/m1/s1. The number of nitrogens with zero attached hydrogens (tertiary/aromatic N) is 1. The van der Waals surface area contributed by atoms with E-state index in [4.69, 9.17) is 14.9 Å². The first-order valence-corrected chi connectivity index (χ1v) is 14.4. The van der Waals surface area contributed by atoms with Gasteiger partial charge in [0.05, 0.1) is 6.61 Å². The molecule has 5 nitrogen and oxygen atoms in total. The molecule has 2 aromatic rings. The summed E-state index contributed by atoms with van der Waals surface area (Å²) in [5.74, 6) is 0.0607. The molecule has 33 heavy (non-hydrogen) atoms. The predicted molar refractivity (Wildman–Crippen MR) is 132 cm³/mol. The Morgan fingerprint density at radius 3 is 2.39 bits per heavy atom. The largest absolute Gasteiger partial charge is 0.489 e. The van der Waals surface area contributed by atoms with Crippen molar-refractivity contribution in [3.63, 3.8) is 0 Å². The summed E-state index contributed by atoms with van der Waals surface area (Å²) in [6.07, 6.45) is 1.47. The Bertz CT molecular complexity index is 974. The van der Waals surface area contributed by atoms with Crippen LogP contribution in [-0.2, 0) is 15.8 Å². The molecule has 1 amide bonds. The molecule has 0 spiro atoms. The van der Waals surface area contributed by atoms with E-state index in [0.29, 0.717) is 24.3 Å². The Morgan fingerprint density at radius 2 is 1.82 bits per heavy atom. The highest BCUT2D eigenvalue weighted by Crippen LogP contribution is 2.44. The van der Waals surface area contributed by atoms with Crippen molar-refractivity contribution in [2.24, 2.45) is 5.73 Å². The minimum absolute atomic E-state index is 0.0565. The molecule has 3 rings (SSSR count). The van der Waals surface area contributed by atoms with Crippen LogP contribution in [0, 0.1) is 5.82 Å². The van der Waals surface area contributed by atoms with Gasteiger partial charge in [-0.3, -0.25) is 9.69 Å². The first kappa shape index (κ1) is 25.4. The van der Waals surface area contributed by atoms with Gasteiger partial charge in [-0.05, 0) is 61.8 Å². The molecule has 1 aliphatic rings. The average Bonchev–Trinajstić information content (AvgIpc) is 3.09. The smallest absolute Gasteiger partial charge is 0.240 e. The van der Waals surface area contributed by atoms with Gasteiger partial charge < -0.3 is 14.9 Å². The molecule has 0 saturated carbocycles. The number of nitrogens with two attached hydrogens (primary N) is 1. The summed E-state index contributed by atoms with van der Waals surface area (Å²) < 4.78 is 26.0. The van der Waals surface area contributed by atoms with Crippen LogP contribution in [0.3, 0.4) is 0 Å². The van der Waals surface area contributed by atoms with E-state index >= 15 is 0 Å². The lowest BCUT2D eigenvalue weighted by Crippen LogP contribution is -2.58. The maximum absolute atomic E-state index is 13.8. The van der Waals surface area contributed by atoms with E-state index in [1.165, 1.54) is 6.07 Å². The SMILES string of the molecule is CN1[C@@H](c2ccc(OCc3ccccc3F)cc2)CC[C@@]1(CO[Si](C)(C)C(C)(C)C)C(N)=O. The van der Waals surface area contributed by atoms with Crippen molar-refractivity contribution < 1.29 is 18.3 Å². The number of likely N-dealkylation sites (N-methyl/N-ethyl adjacent to an activating group) is 1.